The summed E-state index contributed by atoms with van der Waals surface area (Å²) >= 11 is 0. The van der Waals surface area contributed by atoms with Crippen LogP contribution in [0.25, 0.3) is 32.3 Å². The van der Waals surface area contributed by atoms with Crippen molar-refractivity contribution in [2.24, 2.45) is 0 Å². The van der Waals surface area contributed by atoms with Crippen molar-refractivity contribution in [2.75, 3.05) is 0 Å². The molecule has 2 aliphatic carbocycles. The molecule has 0 radical (unpaired) electrons. The predicted molar refractivity (Wildman–Crippen MR) is 85.1 cm³/mol. The Balaban J connectivity index is 1.88. The highest BCUT2D eigenvalue weighted by molar-refractivity contribution is 6.27. The molecule has 1 aliphatic heterocycles. The van der Waals surface area contributed by atoms with Crippen LogP contribution in [0, 0.1) is 6.42 Å². The molecule has 0 spiro atoms. The molecule has 2 nitrogen and oxygen atoms in total. The topological polar surface area (TPSA) is 32.8 Å². The lowest BCUT2D eigenvalue weighted by molar-refractivity contribution is 0.221. The number of fused-ring (bicyclic) bond motifs is 3. The molecule has 22 heavy (non-hydrogen) atoms. The Morgan fingerprint density at radius 1 is 0.773 bits per heavy atom. The molecule has 0 amide bonds. The molecule has 1 N–H and O–H groups in total. The van der Waals surface area contributed by atoms with Crippen LogP contribution in [0.1, 0.15) is 40.6 Å². The number of aliphatic hydroxyl groups excluding tert-OH is 1. The van der Waals surface area contributed by atoms with E-state index in [2.05, 4.69) is 36.4 Å². The van der Waals surface area contributed by atoms with Crippen LogP contribution in [0.4, 0.5) is 0 Å². The summed E-state index contributed by atoms with van der Waals surface area (Å²) in [5.41, 5.74) is 4.91. The first-order valence-corrected chi connectivity index (χ1v) is 7.78. The summed E-state index contributed by atoms with van der Waals surface area (Å²) in [6.07, 6.45) is 2.03. The number of hydrogen-bond acceptors (Lipinski definition) is 2. The van der Waals surface area contributed by atoms with Gasteiger partial charge in [-0.15, -0.1) is 0 Å². The van der Waals surface area contributed by atoms with Gasteiger partial charge in [0, 0.05) is 22.9 Å². The van der Waals surface area contributed by atoms with E-state index >= 15 is 0 Å². The van der Waals surface area contributed by atoms with Crippen molar-refractivity contribution in [2.45, 2.75) is 18.3 Å². The largest absolute Gasteiger partial charge is 0.371 e. The number of rotatable bonds is 0. The summed E-state index contributed by atoms with van der Waals surface area (Å²) in [5.74, 6) is 0. The molecule has 0 aromatic heterocycles. The molecule has 3 aliphatic rings. The molecule has 1 saturated heterocycles. The van der Waals surface area contributed by atoms with Crippen molar-refractivity contribution in [3.05, 3.63) is 65.1 Å². The molecule has 0 bridgehead atoms. The van der Waals surface area contributed by atoms with Gasteiger partial charge in [0.15, 0.2) is 6.10 Å². The first-order chi connectivity index (χ1) is 10.8. The van der Waals surface area contributed by atoms with Gasteiger partial charge >= 0.3 is 0 Å². The van der Waals surface area contributed by atoms with Crippen molar-refractivity contribution in [3.63, 3.8) is 0 Å². The van der Waals surface area contributed by atoms with Crippen LogP contribution in [-0.4, -0.2) is 5.11 Å². The SMILES string of the molecule is O[C@H]1[CH+]c2ccc3cc4c5c(ccc6cc1c2c3c65)[C@H]1O[C@@H]41. The first-order valence-electron chi connectivity index (χ1n) is 7.78. The van der Waals surface area contributed by atoms with E-state index in [1.807, 2.05) is 6.42 Å². The molecule has 4 aromatic carbocycles. The van der Waals surface area contributed by atoms with Gasteiger partial charge < -0.3 is 9.84 Å². The summed E-state index contributed by atoms with van der Waals surface area (Å²) in [6, 6.07) is 13.2. The average molecular weight is 283 g/mol. The number of hydrogen-bond donors (Lipinski definition) is 1. The second kappa shape index (κ2) is 2.94. The summed E-state index contributed by atoms with van der Waals surface area (Å²) in [4.78, 5) is 0. The number of epoxide rings is 1. The molecule has 0 unspecified atom stereocenters. The van der Waals surface area contributed by atoms with Gasteiger partial charge in [0.05, 0.1) is 22.8 Å². The van der Waals surface area contributed by atoms with Crippen LogP contribution in [-0.2, 0) is 4.74 Å². The molecule has 1 fully saturated rings. The second-order valence-corrected chi connectivity index (χ2v) is 6.78. The van der Waals surface area contributed by atoms with Crippen molar-refractivity contribution >= 4 is 32.3 Å². The zero-order chi connectivity index (χ0) is 14.2. The molecular weight excluding hydrogens is 272 g/mol. The minimum atomic E-state index is -0.481. The molecule has 0 saturated carbocycles. The van der Waals surface area contributed by atoms with E-state index in [0.717, 1.165) is 11.1 Å². The third kappa shape index (κ3) is 0.910. The summed E-state index contributed by atoms with van der Waals surface area (Å²) in [7, 11) is 0. The third-order valence-electron chi connectivity index (χ3n) is 5.75. The van der Waals surface area contributed by atoms with Crippen LogP contribution in [0.2, 0.25) is 0 Å². The second-order valence-electron chi connectivity index (χ2n) is 6.78. The van der Waals surface area contributed by atoms with E-state index in [0.29, 0.717) is 0 Å². The maximum Gasteiger partial charge on any atom is 0.156 e. The molecule has 102 valence electrons. The standard InChI is InChI=1S/C20H11O2/c21-14-7-10-2-1-8-6-13-18-11(19-20(13)22-19)4-3-9-5-12(14)15(10)16(8)17(9)18/h1-7,14,19-21H/q+1/t14-,19+,20-/m0/s1. The Morgan fingerprint density at radius 2 is 1.50 bits per heavy atom. The lowest BCUT2D eigenvalue weighted by Gasteiger charge is -2.13. The van der Waals surface area contributed by atoms with Crippen molar-refractivity contribution < 1.29 is 9.84 Å². The maximum absolute atomic E-state index is 10.4. The van der Waals surface area contributed by atoms with Gasteiger partial charge in [0.25, 0.3) is 0 Å². The Bertz CT molecular complexity index is 1120. The van der Waals surface area contributed by atoms with Gasteiger partial charge in [0.2, 0.25) is 0 Å². The van der Waals surface area contributed by atoms with Crippen molar-refractivity contribution in [3.8, 4) is 0 Å². The third-order valence-corrected chi connectivity index (χ3v) is 5.75. The van der Waals surface area contributed by atoms with Crippen molar-refractivity contribution in [1.82, 2.24) is 0 Å². The van der Waals surface area contributed by atoms with Crippen LogP contribution in [0.5, 0.6) is 0 Å². The van der Waals surface area contributed by atoms with Crippen LogP contribution < -0.4 is 0 Å². The summed E-state index contributed by atoms with van der Waals surface area (Å²) in [6.45, 7) is 0. The minimum Gasteiger partial charge on any atom is -0.371 e. The minimum absolute atomic E-state index is 0.269. The molecule has 7 rings (SSSR count). The Kier molecular flexibility index (Phi) is 1.39. The molecule has 2 heteroatoms. The average Bonchev–Trinajstić information content (AvgIpc) is 3.18. The van der Waals surface area contributed by atoms with Gasteiger partial charge in [-0.05, 0) is 34.0 Å². The first kappa shape index (κ1) is 10.4. The quantitative estimate of drug-likeness (QED) is 0.296. The molecule has 3 atom stereocenters. The van der Waals surface area contributed by atoms with Gasteiger partial charge in [-0.1, -0.05) is 12.1 Å². The molecule has 4 aromatic rings. The highest BCUT2D eigenvalue weighted by atomic mass is 16.6. The summed E-state index contributed by atoms with van der Waals surface area (Å²) in [5, 5.41) is 18.2. The van der Waals surface area contributed by atoms with E-state index in [-0.39, 0.29) is 12.2 Å². The Morgan fingerprint density at radius 3 is 2.41 bits per heavy atom. The zero-order valence-electron chi connectivity index (χ0n) is 11.6. The molecule has 1 heterocycles. The van der Waals surface area contributed by atoms with Gasteiger partial charge in [0.1, 0.15) is 17.8 Å². The zero-order valence-corrected chi connectivity index (χ0v) is 11.6. The fraction of sp³-hybridized carbons (Fsp3) is 0.150. The lowest BCUT2D eigenvalue weighted by atomic mass is 9.89. The van der Waals surface area contributed by atoms with E-state index in [4.69, 9.17) is 4.74 Å². The van der Waals surface area contributed by atoms with E-state index < -0.39 is 6.10 Å². The maximum atomic E-state index is 10.4. The highest BCUT2D eigenvalue weighted by Gasteiger charge is 2.49. The number of aliphatic hydroxyl groups is 1. The van der Waals surface area contributed by atoms with Gasteiger partial charge in [-0.25, -0.2) is 0 Å². The van der Waals surface area contributed by atoms with Crippen LogP contribution in [0.3, 0.4) is 0 Å². The Labute approximate surface area is 126 Å². The summed E-state index contributed by atoms with van der Waals surface area (Å²) < 4.78 is 5.82. The fourth-order valence-corrected chi connectivity index (χ4v) is 4.83. The van der Waals surface area contributed by atoms with Crippen LogP contribution >= 0.6 is 0 Å². The number of benzene rings is 4. The predicted octanol–water partition coefficient (Wildman–Crippen LogP) is 4.31. The normalized spacial score (nSPS) is 27.0. The smallest absolute Gasteiger partial charge is 0.156 e. The number of ether oxygens (including phenoxy) is 1. The van der Waals surface area contributed by atoms with Crippen LogP contribution in [0.15, 0.2) is 36.4 Å². The van der Waals surface area contributed by atoms with E-state index in [1.54, 1.807) is 0 Å². The monoisotopic (exact) mass is 283 g/mol. The van der Waals surface area contributed by atoms with E-state index in [1.165, 1.54) is 43.4 Å². The molecular formula is C20H11O2+. The van der Waals surface area contributed by atoms with Gasteiger partial charge in [-0.3, -0.25) is 0 Å². The van der Waals surface area contributed by atoms with E-state index in [9.17, 15) is 5.11 Å². The van der Waals surface area contributed by atoms with Gasteiger partial charge in [-0.2, -0.15) is 0 Å². The lowest BCUT2D eigenvalue weighted by Crippen LogP contribution is -1.93. The highest BCUT2D eigenvalue weighted by Crippen LogP contribution is 2.62. The fourth-order valence-electron chi connectivity index (χ4n) is 4.83. The Hall–Kier alpha value is -2.29. The van der Waals surface area contributed by atoms with Crippen molar-refractivity contribution in [1.29, 1.82) is 0 Å².